The Morgan fingerprint density at radius 1 is 1.13 bits per heavy atom. The summed E-state index contributed by atoms with van der Waals surface area (Å²) >= 11 is 6.49. The summed E-state index contributed by atoms with van der Waals surface area (Å²) in [6, 6.07) is 17.7. The first-order valence-electron chi connectivity index (χ1n) is 10.9. The summed E-state index contributed by atoms with van der Waals surface area (Å²) in [5.74, 6) is 0.145. The average molecular weight is 438 g/mol. The Morgan fingerprint density at radius 3 is 2.45 bits per heavy atom. The van der Waals surface area contributed by atoms with Gasteiger partial charge in [0.2, 0.25) is 0 Å². The summed E-state index contributed by atoms with van der Waals surface area (Å²) in [5.41, 5.74) is 3.26. The van der Waals surface area contributed by atoms with E-state index in [1.54, 1.807) is 0 Å². The third kappa shape index (κ3) is 4.65. The van der Waals surface area contributed by atoms with Crippen molar-refractivity contribution in [2.24, 2.45) is 0 Å². The molecule has 1 atom stereocenters. The van der Waals surface area contributed by atoms with Crippen LogP contribution in [0.25, 0.3) is 5.69 Å². The number of benzene rings is 2. The van der Waals surface area contributed by atoms with E-state index in [4.69, 9.17) is 11.6 Å². The SMILES string of the molecule is CCN(CC)C(CNC(=O)c1nnn(-c2ccccc2)c1C1CC1)c1ccccc1Cl. The highest BCUT2D eigenvalue weighted by Gasteiger charge is 2.34. The number of hydrogen-bond donors (Lipinski definition) is 1. The molecular formula is C24H28ClN5O. The maximum Gasteiger partial charge on any atom is 0.273 e. The van der Waals surface area contributed by atoms with E-state index in [2.05, 4.69) is 34.4 Å². The number of likely N-dealkylation sites (N-methyl/N-ethyl adjacent to an activating group) is 1. The molecule has 31 heavy (non-hydrogen) atoms. The second-order valence-electron chi connectivity index (χ2n) is 7.81. The van der Waals surface area contributed by atoms with Gasteiger partial charge in [0.25, 0.3) is 5.91 Å². The Labute approximate surface area is 188 Å². The van der Waals surface area contributed by atoms with Crippen LogP contribution in [0.2, 0.25) is 5.02 Å². The molecule has 1 N–H and O–H groups in total. The highest BCUT2D eigenvalue weighted by atomic mass is 35.5. The number of carbonyl (C=O) groups excluding carboxylic acids is 1. The molecule has 1 aliphatic rings. The van der Waals surface area contributed by atoms with Crippen LogP contribution in [0.5, 0.6) is 0 Å². The summed E-state index contributed by atoms with van der Waals surface area (Å²) in [4.78, 5) is 15.5. The standard InChI is InChI=1S/C24H28ClN5O/c1-3-29(4-2)21(19-12-8-9-13-20(19)25)16-26-24(31)22-23(17-14-15-17)30(28-27-22)18-10-6-5-7-11-18/h5-13,17,21H,3-4,14-16H2,1-2H3,(H,26,31). The van der Waals surface area contributed by atoms with Crippen molar-refractivity contribution in [3.05, 3.63) is 76.6 Å². The molecular weight excluding hydrogens is 410 g/mol. The first-order chi connectivity index (χ1) is 15.1. The van der Waals surface area contributed by atoms with E-state index >= 15 is 0 Å². The lowest BCUT2D eigenvalue weighted by molar-refractivity contribution is 0.0929. The minimum atomic E-state index is -0.187. The summed E-state index contributed by atoms with van der Waals surface area (Å²) < 4.78 is 1.81. The van der Waals surface area contributed by atoms with E-state index in [0.29, 0.717) is 23.2 Å². The van der Waals surface area contributed by atoms with Gasteiger partial charge >= 0.3 is 0 Å². The Kier molecular flexibility index (Phi) is 6.68. The third-order valence-electron chi connectivity index (χ3n) is 5.86. The van der Waals surface area contributed by atoms with Crippen molar-refractivity contribution >= 4 is 17.5 Å². The lowest BCUT2D eigenvalue weighted by Crippen LogP contribution is -2.38. The summed E-state index contributed by atoms with van der Waals surface area (Å²) in [7, 11) is 0. The molecule has 0 aliphatic heterocycles. The molecule has 1 heterocycles. The van der Waals surface area contributed by atoms with Gasteiger partial charge in [0.15, 0.2) is 5.69 Å². The molecule has 3 aromatic rings. The van der Waals surface area contributed by atoms with Crippen LogP contribution in [-0.4, -0.2) is 45.4 Å². The molecule has 1 aromatic heterocycles. The monoisotopic (exact) mass is 437 g/mol. The predicted octanol–water partition coefficient (Wildman–Crippen LogP) is 4.61. The van der Waals surface area contributed by atoms with Gasteiger partial charge in [-0.15, -0.1) is 5.10 Å². The Morgan fingerprint density at radius 2 is 1.81 bits per heavy atom. The number of rotatable bonds is 9. The van der Waals surface area contributed by atoms with Crippen LogP contribution in [0.15, 0.2) is 54.6 Å². The first-order valence-corrected chi connectivity index (χ1v) is 11.3. The van der Waals surface area contributed by atoms with Gasteiger partial charge in [-0.3, -0.25) is 9.69 Å². The topological polar surface area (TPSA) is 63.1 Å². The minimum Gasteiger partial charge on any atom is -0.349 e. The Bertz CT molecular complexity index is 1030. The lowest BCUT2D eigenvalue weighted by atomic mass is 10.0. The summed E-state index contributed by atoms with van der Waals surface area (Å²) in [6.07, 6.45) is 2.12. The van der Waals surface area contributed by atoms with Crippen molar-refractivity contribution in [3.63, 3.8) is 0 Å². The fourth-order valence-corrected chi connectivity index (χ4v) is 4.31. The van der Waals surface area contributed by atoms with Crippen molar-refractivity contribution in [2.45, 2.75) is 38.6 Å². The molecule has 0 saturated heterocycles. The molecule has 1 fully saturated rings. The number of nitrogens with one attached hydrogen (secondary N) is 1. The molecule has 0 bridgehead atoms. The van der Waals surface area contributed by atoms with Crippen molar-refractivity contribution in [2.75, 3.05) is 19.6 Å². The normalized spacial score (nSPS) is 14.6. The fraction of sp³-hybridized carbons (Fsp3) is 0.375. The number of aromatic nitrogens is 3. The van der Waals surface area contributed by atoms with Crippen LogP contribution in [0.1, 0.15) is 60.4 Å². The van der Waals surface area contributed by atoms with Crippen LogP contribution >= 0.6 is 11.6 Å². The van der Waals surface area contributed by atoms with Gasteiger partial charge in [-0.2, -0.15) is 0 Å². The molecule has 162 valence electrons. The fourth-order valence-electron chi connectivity index (χ4n) is 4.05. The maximum atomic E-state index is 13.2. The number of amides is 1. The predicted molar refractivity (Wildman–Crippen MR) is 123 cm³/mol. The molecule has 4 rings (SSSR count). The number of halogens is 1. The van der Waals surface area contributed by atoms with E-state index < -0.39 is 0 Å². The average Bonchev–Trinajstić information content (AvgIpc) is 3.55. The van der Waals surface area contributed by atoms with Gasteiger partial charge in [-0.25, -0.2) is 4.68 Å². The smallest absolute Gasteiger partial charge is 0.273 e. The number of carbonyl (C=O) groups is 1. The first kappa shape index (κ1) is 21.5. The van der Waals surface area contributed by atoms with Gasteiger partial charge in [0, 0.05) is 17.5 Å². The van der Waals surface area contributed by atoms with Crippen molar-refractivity contribution in [1.82, 2.24) is 25.2 Å². The van der Waals surface area contributed by atoms with Gasteiger partial charge in [-0.05, 0) is 49.7 Å². The molecule has 1 unspecified atom stereocenters. The highest BCUT2D eigenvalue weighted by molar-refractivity contribution is 6.31. The second-order valence-corrected chi connectivity index (χ2v) is 8.22. The zero-order valence-electron chi connectivity index (χ0n) is 18.0. The molecule has 1 saturated carbocycles. The number of hydrogen-bond acceptors (Lipinski definition) is 4. The zero-order chi connectivity index (χ0) is 21.8. The van der Waals surface area contributed by atoms with Crippen molar-refractivity contribution in [3.8, 4) is 5.69 Å². The quantitative estimate of drug-likeness (QED) is 0.531. The largest absolute Gasteiger partial charge is 0.349 e. The van der Waals surface area contributed by atoms with Crippen LogP contribution in [0, 0.1) is 0 Å². The number of para-hydroxylation sites is 1. The zero-order valence-corrected chi connectivity index (χ0v) is 18.7. The van der Waals surface area contributed by atoms with E-state index in [0.717, 1.165) is 42.9 Å². The molecule has 6 nitrogen and oxygen atoms in total. The van der Waals surface area contributed by atoms with Crippen LogP contribution in [-0.2, 0) is 0 Å². The molecule has 0 radical (unpaired) electrons. The van der Waals surface area contributed by atoms with Gasteiger partial charge < -0.3 is 5.32 Å². The van der Waals surface area contributed by atoms with Crippen LogP contribution in [0.4, 0.5) is 0 Å². The molecule has 7 heteroatoms. The maximum absolute atomic E-state index is 13.2. The third-order valence-corrected chi connectivity index (χ3v) is 6.20. The number of nitrogens with zero attached hydrogens (tertiary/aromatic N) is 4. The second kappa shape index (κ2) is 9.62. The van der Waals surface area contributed by atoms with Gasteiger partial charge in [-0.1, -0.05) is 67.1 Å². The lowest BCUT2D eigenvalue weighted by Gasteiger charge is -2.30. The van der Waals surface area contributed by atoms with Gasteiger partial charge in [0.1, 0.15) is 0 Å². The van der Waals surface area contributed by atoms with E-state index in [1.165, 1.54) is 0 Å². The van der Waals surface area contributed by atoms with Crippen molar-refractivity contribution < 1.29 is 4.79 Å². The summed E-state index contributed by atoms with van der Waals surface area (Å²) in [5, 5.41) is 12.4. The molecule has 1 amide bonds. The van der Waals surface area contributed by atoms with E-state index in [1.807, 2.05) is 59.3 Å². The molecule has 2 aromatic carbocycles. The minimum absolute atomic E-state index is 0.0128. The van der Waals surface area contributed by atoms with E-state index in [-0.39, 0.29) is 11.9 Å². The molecule has 1 aliphatic carbocycles. The van der Waals surface area contributed by atoms with Gasteiger partial charge in [0.05, 0.1) is 17.4 Å². The Balaban J connectivity index is 1.57. The van der Waals surface area contributed by atoms with Crippen LogP contribution in [0.3, 0.4) is 0 Å². The van der Waals surface area contributed by atoms with Crippen molar-refractivity contribution in [1.29, 1.82) is 0 Å². The highest BCUT2D eigenvalue weighted by Crippen LogP contribution is 2.42. The molecule has 0 spiro atoms. The summed E-state index contributed by atoms with van der Waals surface area (Å²) in [6.45, 7) is 6.41. The van der Waals surface area contributed by atoms with E-state index in [9.17, 15) is 4.79 Å². The Hall–Kier alpha value is -2.70. The van der Waals surface area contributed by atoms with Crippen LogP contribution < -0.4 is 5.32 Å².